The summed E-state index contributed by atoms with van der Waals surface area (Å²) in [6, 6.07) is 0. The summed E-state index contributed by atoms with van der Waals surface area (Å²) in [5.41, 5.74) is -5.22. The van der Waals surface area contributed by atoms with Crippen molar-refractivity contribution in [3.05, 3.63) is 0 Å². The van der Waals surface area contributed by atoms with Crippen LogP contribution < -0.4 is 4.72 Å². The normalized spacial score (nSPS) is 20.7. The van der Waals surface area contributed by atoms with Crippen molar-refractivity contribution < 1.29 is 26.1 Å². The molecule has 8 heteroatoms. The maximum absolute atomic E-state index is 12.2. The second-order valence-corrected chi connectivity index (χ2v) is 6.23. The lowest BCUT2D eigenvalue weighted by Crippen LogP contribution is -2.54. The predicted molar refractivity (Wildman–Crippen MR) is 57.4 cm³/mol. The second kappa shape index (κ2) is 5.11. The first-order valence-corrected chi connectivity index (χ1v) is 7.12. The van der Waals surface area contributed by atoms with E-state index >= 15 is 0 Å². The summed E-state index contributed by atoms with van der Waals surface area (Å²) in [7, 11) is -5.21. The van der Waals surface area contributed by atoms with Crippen molar-refractivity contribution in [3.63, 3.8) is 0 Å². The zero-order chi connectivity index (χ0) is 13.2. The SMILES string of the molecule is CCC[N+]1(CNS(=O)(=O)C(F)(F)F)CCCC1. The van der Waals surface area contributed by atoms with Gasteiger partial charge in [-0.25, -0.2) is 8.42 Å². The Morgan fingerprint density at radius 1 is 1.24 bits per heavy atom. The van der Waals surface area contributed by atoms with Crippen molar-refractivity contribution in [1.29, 1.82) is 0 Å². The van der Waals surface area contributed by atoms with E-state index in [2.05, 4.69) is 0 Å². The van der Waals surface area contributed by atoms with Gasteiger partial charge in [-0.05, 0) is 6.42 Å². The maximum Gasteiger partial charge on any atom is 0.511 e. The van der Waals surface area contributed by atoms with Crippen LogP contribution in [0.2, 0.25) is 0 Å². The predicted octanol–water partition coefficient (Wildman–Crippen LogP) is 1.40. The molecule has 1 fully saturated rings. The van der Waals surface area contributed by atoms with Gasteiger partial charge in [-0.1, -0.05) is 6.92 Å². The number of likely N-dealkylation sites (tertiary alicyclic amines) is 1. The number of hydrogen-bond donors (Lipinski definition) is 1. The third-order valence-corrected chi connectivity index (χ3v) is 4.23. The van der Waals surface area contributed by atoms with E-state index in [9.17, 15) is 21.6 Å². The Labute approximate surface area is 99.4 Å². The highest BCUT2D eigenvalue weighted by Gasteiger charge is 2.47. The summed E-state index contributed by atoms with van der Waals surface area (Å²) in [6.07, 6.45) is 2.70. The van der Waals surface area contributed by atoms with Gasteiger partial charge in [0.15, 0.2) is 0 Å². The van der Waals surface area contributed by atoms with Crippen molar-refractivity contribution >= 4 is 10.0 Å². The fraction of sp³-hybridized carbons (Fsp3) is 1.00. The lowest BCUT2D eigenvalue weighted by Gasteiger charge is -2.33. The molecule has 0 spiro atoms. The maximum atomic E-state index is 12.2. The fourth-order valence-corrected chi connectivity index (χ4v) is 2.85. The molecule has 1 saturated heterocycles. The van der Waals surface area contributed by atoms with Gasteiger partial charge in [0, 0.05) is 12.8 Å². The molecule has 1 heterocycles. The molecular formula is C9H18F3N2O2S+. The van der Waals surface area contributed by atoms with Crippen LogP contribution in [0, 0.1) is 0 Å². The van der Waals surface area contributed by atoms with Gasteiger partial charge in [0.2, 0.25) is 0 Å². The number of sulfonamides is 1. The van der Waals surface area contributed by atoms with Gasteiger partial charge in [-0.15, -0.1) is 0 Å². The first kappa shape index (κ1) is 14.7. The highest BCUT2D eigenvalue weighted by Crippen LogP contribution is 2.23. The molecule has 0 unspecified atom stereocenters. The molecule has 0 saturated carbocycles. The zero-order valence-corrected chi connectivity index (χ0v) is 10.6. The highest BCUT2D eigenvalue weighted by atomic mass is 32.2. The lowest BCUT2D eigenvalue weighted by atomic mass is 10.3. The van der Waals surface area contributed by atoms with Gasteiger partial charge in [0.1, 0.15) is 6.67 Å². The molecule has 1 aliphatic rings. The minimum Gasteiger partial charge on any atom is -0.310 e. The van der Waals surface area contributed by atoms with Gasteiger partial charge in [-0.2, -0.15) is 17.9 Å². The van der Waals surface area contributed by atoms with Crippen LogP contribution in [-0.4, -0.2) is 44.7 Å². The molecular weight excluding hydrogens is 257 g/mol. The van der Waals surface area contributed by atoms with Gasteiger partial charge in [0.05, 0.1) is 19.6 Å². The van der Waals surface area contributed by atoms with Crippen LogP contribution in [-0.2, 0) is 10.0 Å². The molecule has 0 bridgehead atoms. The molecule has 0 aromatic heterocycles. The van der Waals surface area contributed by atoms with E-state index in [0.717, 1.165) is 32.4 Å². The van der Waals surface area contributed by atoms with Crippen molar-refractivity contribution in [1.82, 2.24) is 4.72 Å². The second-order valence-electron chi connectivity index (χ2n) is 4.47. The van der Waals surface area contributed by atoms with E-state index in [-0.39, 0.29) is 6.67 Å². The summed E-state index contributed by atoms with van der Waals surface area (Å²) in [5.74, 6) is 0. The number of nitrogens with one attached hydrogen (secondary N) is 1. The van der Waals surface area contributed by atoms with Crippen molar-refractivity contribution in [2.24, 2.45) is 0 Å². The average Bonchev–Trinajstić information content (AvgIpc) is 2.63. The molecule has 1 N–H and O–H groups in total. The fourth-order valence-electron chi connectivity index (χ4n) is 2.25. The summed E-state index contributed by atoms with van der Waals surface area (Å²) in [4.78, 5) is 0. The van der Waals surface area contributed by atoms with Gasteiger partial charge in [-0.3, -0.25) is 0 Å². The van der Waals surface area contributed by atoms with E-state index < -0.39 is 15.5 Å². The monoisotopic (exact) mass is 275 g/mol. The largest absolute Gasteiger partial charge is 0.511 e. The Kier molecular flexibility index (Phi) is 4.43. The molecule has 102 valence electrons. The van der Waals surface area contributed by atoms with Crippen LogP contribution in [0.25, 0.3) is 0 Å². The minimum absolute atomic E-state index is 0.157. The Bertz CT molecular complexity index is 348. The zero-order valence-electron chi connectivity index (χ0n) is 9.76. The Balaban J connectivity index is 2.65. The van der Waals surface area contributed by atoms with Crippen LogP contribution in [0.5, 0.6) is 0 Å². The average molecular weight is 275 g/mol. The van der Waals surface area contributed by atoms with Crippen LogP contribution in [0.4, 0.5) is 13.2 Å². The van der Waals surface area contributed by atoms with Crippen molar-refractivity contribution in [2.75, 3.05) is 26.3 Å². The molecule has 1 aliphatic heterocycles. The number of alkyl halides is 3. The smallest absolute Gasteiger partial charge is 0.310 e. The summed E-state index contributed by atoms with van der Waals surface area (Å²) in [5, 5.41) is 0. The number of hydrogen-bond acceptors (Lipinski definition) is 2. The third kappa shape index (κ3) is 3.56. The van der Waals surface area contributed by atoms with Crippen LogP contribution >= 0.6 is 0 Å². The molecule has 0 atom stereocenters. The van der Waals surface area contributed by atoms with Crippen LogP contribution in [0.1, 0.15) is 26.2 Å². The molecule has 1 rings (SSSR count). The minimum atomic E-state index is -5.22. The quantitative estimate of drug-likeness (QED) is 0.771. The number of quaternary nitrogens is 1. The van der Waals surface area contributed by atoms with Gasteiger partial charge in [0.25, 0.3) is 0 Å². The first-order chi connectivity index (χ1) is 7.72. The molecule has 0 aromatic rings. The van der Waals surface area contributed by atoms with Crippen LogP contribution in [0.3, 0.4) is 0 Å². The van der Waals surface area contributed by atoms with Crippen LogP contribution in [0.15, 0.2) is 0 Å². The Morgan fingerprint density at radius 3 is 2.18 bits per heavy atom. The Hall–Kier alpha value is -0.340. The molecule has 0 aliphatic carbocycles. The van der Waals surface area contributed by atoms with Crippen molar-refractivity contribution in [3.8, 4) is 0 Å². The van der Waals surface area contributed by atoms with E-state index in [4.69, 9.17) is 0 Å². The molecule has 0 radical (unpaired) electrons. The van der Waals surface area contributed by atoms with E-state index in [1.165, 1.54) is 0 Å². The summed E-state index contributed by atoms with van der Waals surface area (Å²) >= 11 is 0. The third-order valence-electron chi connectivity index (χ3n) is 3.11. The summed E-state index contributed by atoms with van der Waals surface area (Å²) < 4.78 is 60.4. The standard InChI is InChI=1S/C9H18F3N2O2S/c1-2-5-14(6-3-4-7-14)8-13-17(15,16)9(10,11)12/h13H,2-8H2,1H3/q+1. The summed E-state index contributed by atoms with van der Waals surface area (Å²) in [6.45, 7) is 3.98. The van der Waals surface area contributed by atoms with Gasteiger partial charge >= 0.3 is 15.5 Å². The molecule has 17 heavy (non-hydrogen) atoms. The highest BCUT2D eigenvalue weighted by molar-refractivity contribution is 7.90. The molecule has 0 aromatic carbocycles. The van der Waals surface area contributed by atoms with E-state index in [1.54, 1.807) is 4.72 Å². The van der Waals surface area contributed by atoms with E-state index in [0.29, 0.717) is 11.0 Å². The first-order valence-electron chi connectivity index (χ1n) is 5.63. The van der Waals surface area contributed by atoms with E-state index in [1.807, 2.05) is 6.92 Å². The number of halogens is 3. The number of nitrogens with zero attached hydrogens (tertiary/aromatic N) is 1. The Morgan fingerprint density at radius 2 is 1.76 bits per heavy atom. The van der Waals surface area contributed by atoms with Gasteiger partial charge < -0.3 is 4.48 Å². The van der Waals surface area contributed by atoms with Crippen molar-refractivity contribution in [2.45, 2.75) is 31.7 Å². The lowest BCUT2D eigenvalue weighted by molar-refractivity contribution is -0.918. The topological polar surface area (TPSA) is 46.2 Å². The molecule has 4 nitrogen and oxygen atoms in total. The molecule has 0 amide bonds. The number of rotatable bonds is 5.